The van der Waals surface area contributed by atoms with Gasteiger partial charge in [0, 0.05) is 18.3 Å². The summed E-state index contributed by atoms with van der Waals surface area (Å²) in [6.07, 6.45) is -3.00. The van der Waals surface area contributed by atoms with E-state index in [-0.39, 0.29) is 12.4 Å². The quantitative estimate of drug-likeness (QED) is 0.384. The van der Waals surface area contributed by atoms with Gasteiger partial charge in [0.25, 0.3) is 0 Å². The first-order chi connectivity index (χ1) is 12.9. The van der Waals surface area contributed by atoms with Crippen molar-refractivity contribution in [1.82, 2.24) is 0 Å². The molecule has 0 saturated heterocycles. The highest BCUT2D eigenvalue weighted by atomic mass is 19.4. The molecule has 1 N–H and O–H groups in total. The lowest BCUT2D eigenvalue weighted by molar-refractivity contribution is -0.274. The number of hydrogen-bond donors (Lipinski definition) is 1. The standard InChI is InChI=1S/C19H16F4N2O2/c20-10-1-11-26-17-6-2-14(3-7-17)15(12-24)13-25-16-4-8-18(9-5-16)27-19(21,22)23/h2-9,13,25H,1,10-11H2/b15-13+. The zero-order chi connectivity index (χ0) is 19.7. The molecule has 8 heteroatoms. The van der Waals surface area contributed by atoms with Crippen molar-refractivity contribution in [1.29, 1.82) is 5.26 Å². The highest BCUT2D eigenvalue weighted by molar-refractivity contribution is 5.78. The van der Waals surface area contributed by atoms with Gasteiger partial charge in [0.15, 0.2) is 0 Å². The Bertz CT molecular complexity index is 794. The minimum atomic E-state index is -4.75. The summed E-state index contributed by atoms with van der Waals surface area (Å²) >= 11 is 0. The molecular weight excluding hydrogens is 364 g/mol. The van der Waals surface area contributed by atoms with Gasteiger partial charge in [0.1, 0.15) is 17.6 Å². The van der Waals surface area contributed by atoms with E-state index in [1.54, 1.807) is 24.3 Å². The summed E-state index contributed by atoms with van der Waals surface area (Å²) in [5, 5.41) is 12.1. The summed E-state index contributed by atoms with van der Waals surface area (Å²) in [4.78, 5) is 0. The Labute approximate surface area is 153 Å². The number of anilines is 1. The maximum atomic E-state index is 12.1. The van der Waals surface area contributed by atoms with E-state index >= 15 is 0 Å². The fourth-order valence-corrected chi connectivity index (χ4v) is 2.06. The van der Waals surface area contributed by atoms with Crippen LogP contribution in [-0.4, -0.2) is 19.6 Å². The van der Waals surface area contributed by atoms with E-state index in [1.165, 1.54) is 30.5 Å². The molecule has 0 heterocycles. The van der Waals surface area contributed by atoms with Gasteiger partial charge in [-0.05, 0) is 54.1 Å². The molecule has 0 aliphatic carbocycles. The normalized spacial score (nSPS) is 11.6. The molecule has 0 fully saturated rings. The lowest BCUT2D eigenvalue weighted by atomic mass is 10.1. The van der Waals surface area contributed by atoms with Crippen LogP contribution < -0.4 is 14.8 Å². The summed E-state index contributed by atoms with van der Waals surface area (Å²) in [6.45, 7) is -0.180. The second-order valence-corrected chi connectivity index (χ2v) is 5.30. The van der Waals surface area contributed by atoms with Gasteiger partial charge < -0.3 is 14.8 Å². The van der Waals surface area contributed by atoms with Crippen molar-refractivity contribution in [2.45, 2.75) is 12.8 Å². The Morgan fingerprint density at radius 1 is 1.04 bits per heavy atom. The molecule has 0 atom stereocenters. The fourth-order valence-electron chi connectivity index (χ4n) is 2.06. The van der Waals surface area contributed by atoms with Crippen LogP contribution >= 0.6 is 0 Å². The summed E-state index contributed by atoms with van der Waals surface area (Å²) in [6, 6.07) is 13.9. The number of nitrogens with zero attached hydrogens (tertiary/aromatic N) is 1. The maximum Gasteiger partial charge on any atom is 0.573 e. The molecule has 0 aliphatic heterocycles. The number of halogens is 4. The van der Waals surface area contributed by atoms with Crippen molar-refractivity contribution in [2.24, 2.45) is 0 Å². The number of nitriles is 1. The molecule has 27 heavy (non-hydrogen) atoms. The number of hydrogen-bond acceptors (Lipinski definition) is 4. The molecular formula is C19H16F4N2O2. The average molecular weight is 380 g/mol. The molecule has 2 aromatic rings. The fraction of sp³-hybridized carbons (Fsp3) is 0.211. The predicted octanol–water partition coefficient (Wildman–Crippen LogP) is 5.30. The minimum Gasteiger partial charge on any atom is -0.493 e. The molecule has 0 amide bonds. The molecule has 0 aromatic heterocycles. The van der Waals surface area contributed by atoms with E-state index in [2.05, 4.69) is 10.1 Å². The van der Waals surface area contributed by atoms with Gasteiger partial charge >= 0.3 is 6.36 Å². The smallest absolute Gasteiger partial charge is 0.493 e. The Morgan fingerprint density at radius 3 is 2.22 bits per heavy atom. The second-order valence-electron chi connectivity index (χ2n) is 5.30. The zero-order valence-corrected chi connectivity index (χ0v) is 14.1. The largest absolute Gasteiger partial charge is 0.573 e. The topological polar surface area (TPSA) is 54.3 Å². The van der Waals surface area contributed by atoms with Crippen LogP contribution in [0.2, 0.25) is 0 Å². The Hall–Kier alpha value is -3.21. The average Bonchev–Trinajstić information content (AvgIpc) is 2.64. The van der Waals surface area contributed by atoms with E-state index in [4.69, 9.17) is 4.74 Å². The molecule has 0 bridgehead atoms. The molecule has 0 spiro atoms. The Kier molecular flexibility index (Phi) is 7.06. The molecule has 0 unspecified atom stereocenters. The van der Waals surface area contributed by atoms with Crippen molar-refractivity contribution in [3.63, 3.8) is 0 Å². The highest BCUT2D eigenvalue weighted by Gasteiger charge is 2.30. The third-order valence-electron chi connectivity index (χ3n) is 3.30. The molecule has 0 saturated carbocycles. The van der Waals surface area contributed by atoms with Gasteiger partial charge in [-0.3, -0.25) is 4.39 Å². The molecule has 0 aliphatic rings. The molecule has 2 rings (SSSR count). The van der Waals surface area contributed by atoms with E-state index in [0.717, 1.165) is 0 Å². The van der Waals surface area contributed by atoms with Gasteiger partial charge in [0.2, 0.25) is 0 Å². The molecule has 4 nitrogen and oxygen atoms in total. The summed E-state index contributed by atoms with van der Waals surface area (Å²) in [7, 11) is 0. The van der Waals surface area contributed by atoms with Gasteiger partial charge in [-0.2, -0.15) is 5.26 Å². The number of benzene rings is 2. The third-order valence-corrected chi connectivity index (χ3v) is 3.30. The number of rotatable bonds is 8. The first-order valence-corrected chi connectivity index (χ1v) is 7.93. The van der Waals surface area contributed by atoms with Gasteiger partial charge in [-0.15, -0.1) is 13.2 Å². The Balaban J connectivity index is 2.00. The van der Waals surface area contributed by atoms with E-state index in [9.17, 15) is 22.8 Å². The number of ether oxygens (including phenoxy) is 2. The van der Waals surface area contributed by atoms with Crippen LogP contribution in [0.1, 0.15) is 12.0 Å². The van der Waals surface area contributed by atoms with Crippen LogP contribution in [0, 0.1) is 11.3 Å². The van der Waals surface area contributed by atoms with Crippen molar-refractivity contribution < 1.29 is 27.0 Å². The monoisotopic (exact) mass is 380 g/mol. The molecule has 0 radical (unpaired) electrons. The first-order valence-electron chi connectivity index (χ1n) is 7.93. The number of alkyl halides is 4. The van der Waals surface area contributed by atoms with Crippen molar-refractivity contribution in [3.8, 4) is 17.6 Å². The van der Waals surface area contributed by atoms with Gasteiger partial charge in [-0.25, -0.2) is 0 Å². The van der Waals surface area contributed by atoms with Crippen LogP contribution in [0.3, 0.4) is 0 Å². The van der Waals surface area contributed by atoms with Crippen LogP contribution in [0.25, 0.3) is 5.57 Å². The van der Waals surface area contributed by atoms with Crippen LogP contribution in [0.4, 0.5) is 23.2 Å². The van der Waals surface area contributed by atoms with E-state index in [1.807, 2.05) is 6.07 Å². The highest BCUT2D eigenvalue weighted by Crippen LogP contribution is 2.24. The van der Waals surface area contributed by atoms with E-state index in [0.29, 0.717) is 29.0 Å². The second kappa shape index (κ2) is 9.48. The summed E-state index contributed by atoms with van der Waals surface area (Å²) < 4.78 is 57.6. The van der Waals surface area contributed by atoms with Crippen LogP contribution in [0.5, 0.6) is 11.5 Å². The zero-order valence-electron chi connectivity index (χ0n) is 14.1. The lowest BCUT2D eigenvalue weighted by Crippen LogP contribution is -2.16. The molecule has 2 aromatic carbocycles. The van der Waals surface area contributed by atoms with Crippen molar-refractivity contribution in [3.05, 3.63) is 60.3 Å². The number of allylic oxidation sites excluding steroid dienone is 1. The van der Waals surface area contributed by atoms with Crippen molar-refractivity contribution in [2.75, 3.05) is 18.6 Å². The Morgan fingerprint density at radius 2 is 1.67 bits per heavy atom. The number of nitrogens with one attached hydrogen (secondary N) is 1. The predicted molar refractivity (Wildman–Crippen MR) is 92.9 cm³/mol. The summed E-state index contributed by atoms with van der Waals surface area (Å²) in [5.41, 5.74) is 1.43. The summed E-state index contributed by atoms with van der Waals surface area (Å²) in [5.74, 6) is 0.235. The van der Waals surface area contributed by atoms with Gasteiger partial charge in [-0.1, -0.05) is 0 Å². The van der Waals surface area contributed by atoms with Gasteiger partial charge in [0.05, 0.1) is 18.9 Å². The van der Waals surface area contributed by atoms with Crippen molar-refractivity contribution >= 4 is 11.3 Å². The SMILES string of the molecule is N#C/C(=C\Nc1ccc(OC(F)(F)F)cc1)c1ccc(OCCCF)cc1. The van der Waals surface area contributed by atoms with Crippen LogP contribution in [-0.2, 0) is 0 Å². The maximum absolute atomic E-state index is 12.1. The lowest BCUT2D eigenvalue weighted by Gasteiger charge is -2.09. The van der Waals surface area contributed by atoms with E-state index < -0.39 is 13.0 Å². The molecule has 142 valence electrons. The van der Waals surface area contributed by atoms with Crippen LogP contribution in [0.15, 0.2) is 54.7 Å². The first kappa shape index (κ1) is 20.1. The third kappa shape index (κ3) is 6.90. The minimum absolute atomic E-state index is 0.270.